The van der Waals surface area contributed by atoms with E-state index in [-0.39, 0.29) is 0 Å². The minimum absolute atomic E-state index is 0.551. The Morgan fingerprint density at radius 3 is 2.86 bits per heavy atom. The van der Waals surface area contributed by atoms with Gasteiger partial charge in [0.15, 0.2) is 0 Å². The zero-order chi connectivity index (χ0) is 10.2. The summed E-state index contributed by atoms with van der Waals surface area (Å²) in [5.74, 6) is 0. The molecule has 3 nitrogen and oxygen atoms in total. The second-order valence-electron chi connectivity index (χ2n) is 4.26. The van der Waals surface area contributed by atoms with E-state index in [2.05, 4.69) is 4.90 Å². The van der Waals surface area contributed by atoms with Crippen molar-refractivity contribution in [3.63, 3.8) is 0 Å². The molecule has 1 aromatic rings. The summed E-state index contributed by atoms with van der Waals surface area (Å²) in [7, 11) is 0. The third-order valence-corrected chi connectivity index (χ3v) is 2.69. The molecule has 0 amide bonds. The smallest absolute Gasteiger partial charge is 0.0810 e. The molecular formula is C11H16N2O. The monoisotopic (exact) mass is 192 g/mol. The number of benzene rings is 1. The summed E-state index contributed by atoms with van der Waals surface area (Å²) in [6.45, 7) is 3.46. The second kappa shape index (κ2) is 3.17. The van der Waals surface area contributed by atoms with Gasteiger partial charge >= 0.3 is 0 Å². The fraction of sp³-hybridized carbons (Fsp3) is 0.455. The lowest BCUT2D eigenvalue weighted by Crippen LogP contribution is -2.29. The fourth-order valence-corrected chi connectivity index (χ4v) is 1.89. The molecule has 0 radical (unpaired) electrons. The lowest BCUT2D eigenvalue weighted by Gasteiger charge is -2.20. The van der Waals surface area contributed by atoms with E-state index < -0.39 is 5.60 Å². The molecule has 1 aromatic carbocycles. The molecule has 1 atom stereocenters. The molecule has 0 spiro atoms. The van der Waals surface area contributed by atoms with E-state index in [1.807, 2.05) is 31.2 Å². The van der Waals surface area contributed by atoms with Crippen LogP contribution >= 0.6 is 0 Å². The normalized spacial score (nSPS) is 26.9. The second-order valence-corrected chi connectivity index (χ2v) is 4.26. The van der Waals surface area contributed by atoms with E-state index >= 15 is 0 Å². The topological polar surface area (TPSA) is 49.5 Å². The quantitative estimate of drug-likeness (QED) is 0.658. The molecule has 1 aliphatic rings. The van der Waals surface area contributed by atoms with Gasteiger partial charge in [-0.2, -0.15) is 0 Å². The minimum atomic E-state index is -0.551. The Bertz CT molecular complexity index is 336. The lowest BCUT2D eigenvalue weighted by molar-refractivity contribution is 0.0839. The van der Waals surface area contributed by atoms with E-state index in [1.165, 1.54) is 0 Å². The summed E-state index contributed by atoms with van der Waals surface area (Å²) in [5.41, 5.74) is 7.03. The van der Waals surface area contributed by atoms with Crippen molar-refractivity contribution in [2.45, 2.75) is 18.9 Å². The van der Waals surface area contributed by atoms with Gasteiger partial charge in [-0.25, -0.2) is 0 Å². The number of β-amino-alcohol motifs (C(OH)–C–C–N with tert-alkyl or cyclic N) is 1. The first-order chi connectivity index (χ1) is 6.57. The molecule has 1 unspecified atom stereocenters. The maximum atomic E-state index is 9.82. The van der Waals surface area contributed by atoms with Crippen LogP contribution in [0.1, 0.15) is 13.3 Å². The van der Waals surface area contributed by atoms with Gasteiger partial charge in [0, 0.05) is 24.5 Å². The highest BCUT2D eigenvalue weighted by atomic mass is 16.3. The Balaban J connectivity index is 2.17. The third kappa shape index (κ3) is 1.82. The van der Waals surface area contributed by atoms with Gasteiger partial charge in [0.1, 0.15) is 0 Å². The van der Waals surface area contributed by atoms with Crippen molar-refractivity contribution in [3.05, 3.63) is 24.3 Å². The van der Waals surface area contributed by atoms with Crippen molar-refractivity contribution in [1.82, 2.24) is 0 Å². The number of hydrogen-bond acceptors (Lipinski definition) is 3. The first kappa shape index (κ1) is 9.34. The van der Waals surface area contributed by atoms with E-state index in [4.69, 9.17) is 5.73 Å². The number of nitrogens with zero attached hydrogens (tertiary/aromatic N) is 1. The highest BCUT2D eigenvalue weighted by Gasteiger charge is 2.31. The first-order valence-corrected chi connectivity index (χ1v) is 4.90. The average Bonchev–Trinajstić information content (AvgIpc) is 2.46. The molecule has 14 heavy (non-hydrogen) atoms. The van der Waals surface area contributed by atoms with Gasteiger partial charge in [0.25, 0.3) is 0 Å². The van der Waals surface area contributed by atoms with Crippen molar-refractivity contribution < 1.29 is 5.11 Å². The molecule has 3 N–H and O–H groups in total. The van der Waals surface area contributed by atoms with Gasteiger partial charge in [-0.3, -0.25) is 0 Å². The molecule has 1 aliphatic heterocycles. The van der Waals surface area contributed by atoms with Crippen LogP contribution in [-0.4, -0.2) is 23.8 Å². The Kier molecular flexibility index (Phi) is 2.11. The van der Waals surface area contributed by atoms with Crippen LogP contribution in [0.2, 0.25) is 0 Å². The van der Waals surface area contributed by atoms with Crippen LogP contribution in [0, 0.1) is 0 Å². The molecule has 76 valence electrons. The molecule has 1 saturated heterocycles. The molecule has 1 heterocycles. The van der Waals surface area contributed by atoms with Crippen LogP contribution < -0.4 is 10.6 Å². The van der Waals surface area contributed by atoms with Gasteiger partial charge in [0.2, 0.25) is 0 Å². The maximum absolute atomic E-state index is 9.82. The number of nitrogens with two attached hydrogens (primary N) is 1. The number of anilines is 2. The highest BCUT2D eigenvalue weighted by Crippen LogP contribution is 2.27. The van der Waals surface area contributed by atoms with Gasteiger partial charge in [-0.05, 0) is 31.5 Å². The Labute approximate surface area is 84.1 Å². The van der Waals surface area contributed by atoms with Crippen LogP contribution in [-0.2, 0) is 0 Å². The molecule has 2 rings (SSSR count). The first-order valence-electron chi connectivity index (χ1n) is 4.90. The maximum Gasteiger partial charge on any atom is 0.0810 e. The van der Waals surface area contributed by atoms with E-state index in [0.717, 1.165) is 24.3 Å². The molecule has 0 aromatic heterocycles. The summed E-state index contributed by atoms with van der Waals surface area (Å²) in [6, 6.07) is 7.79. The highest BCUT2D eigenvalue weighted by molar-refractivity contribution is 5.56. The predicted octanol–water partition coefficient (Wildman–Crippen LogP) is 1.23. The van der Waals surface area contributed by atoms with Gasteiger partial charge < -0.3 is 15.7 Å². The van der Waals surface area contributed by atoms with Gasteiger partial charge in [-0.15, -0.1) is 0 Å². The third-order valence-electron chi connectivity index (χ3n) is 2.69. The minimum Gasteiger partial charge on any atom is -0.399 e. The van der Waals surface area contributed by atoms with E-state index in [9.17, 15) is 5.11 Å². The summed E-state index contributed by atoms with van der Waals surface area (Å²) in [5, 5.41) is 9.82. The standard InChI is InChI=1S/C11H16N2O/c1-11(14)5-6-13(8-11)10-4-2-3-9(12)7-10/h2-4,7,14H,5-6,8,12H2,1H3. The average molecular weight is 192 g/mol. The lowest BCUT2D eigenvalue weighted by atomic mass is 10.1. The molecular weight excluding hydrogens is 176 g/mol. The Morgan fingerprint density at radius 1 is 1.50 bits per heavy atom. The summed E-state index contributed by atoms with van der Waals surface area (Å²) in [6.07, 6.45) is 0.821. The van der Waals surface area contributed by atoms with Crippen LogP contribution in [0.5, 0.6) is 0 Å². The number of rotatable bonds is 1. The summed E-state index contributed by atoms with van der Waals surface area (Å²) < 4.78 is 0. The zero-order valence-corrected chi connectivity index (χ0v) is 8.40. The molecule has 1 fully saturated rings. The SMILES string of the molecule is CC1(O)CCN(c2cccc(N)c2)C1. The van der Waals surface area contributed by atoms with Crippen LogP contribution in [0.25, 0.3) is 0 Å². The van der Waals surface area contributed by atoms with Crippen molar-refractivity contribution in [2.75, 3.05) is 23.7 Å². The largest absolute Gasteiger partial charge is 0.399 e. The fourth-order valence-electron chi connectivity index (χ4n) is 1.89. The molecule has 0 bridgehead atoms. The zero-order valence-electron chi connectivity index (χ0n) is 8.40. The van der Waals surface area contributed by atoms with Crippen molar-refractivity contribution in [3.8, 4) is 0 Å². The molecule has 0 aliphatic carbocycles. The van der Waals surface area contributed by atoms with Crippen molar-refractivity contribution in [2.24, 2.45) is 0 Å². The Morgan fingerprint density at radius 2 is 2.29 bits per heavy atom. The van der Waals surface area contributed by atoms with Gasteiger partial charge in [0.05, 0.1) is 5.60 Å². The summed E-state index contributed by atoms with van der Waals surface area (Å²) in [4.78, 5) is 2.16. The predicted molar refractivity (Wildman–Crippen MR) is 58.3 cm³/mol. The van der Waals surface area contributed by atoms with Crippen LogP contribution in [0.4, 0.5) is 11.4 Å². The van der Waals surface area contributed by atoms with Crippen LogP contribution in [0.3, 0.4) is 0 Å². The number of nitrogen functional groups attached to an aromatic ring is 1. The molecule has 0 saturated carbocycles. The van der Waals surface area contributed by atoms with Crippen molar-refractivity contribution in [1.29, 1.82) is 0 Å². The van der Waals surface area contributed by atoms with Crippen LogP contribution in [0.15, 0.2) is 24.3 Å². The number of hydrogen-bond donors (Lipinski definition) is 2. The van der Waals surface area contributed by atoms with Gasteiger partial charge in [-0.1, -0.05) is 6.07 Å². The molecule has 3 heteroatoms. The Hall–Kier alpha value is -1.22. The summed E-state index contributed by atoms with van der Waals surface area (Å²) >= 11 is 0. The number of aliphatic hydroxyl groups is 1. The van der Waals surface area contributed by atoms with E-state index in [1.54, 1.807) is 0 Å². The van der Waals surface area contributed by atoms with Crippen molar-refractivity contribution >= 4 is 11.4 Å². The van der Waals surface area contributed by atoms with E-state index in [0.29, 0.717) is 6.54 Å².